The van der Waals surface area contributed by atoms with Gasteiger partial charge in [-0.2, -0.15) is 0 Å². The van der Waals surface area contributed by atoms with E-state index in [4.69, 9.17) is 4.98 Å². The van der Waals surface area contributed by atoms with Crippen LogP contribution < -0.4 is 0 Å². The average Bonchev–Trinajstić information content (AvgIpc) is 3.17. The molecule has 0 amide bonds. The molecule has 2 heterocycles. The van der Waals surface area contributed by atoms with Gasteiger partial charge in [0.1, 0.15) is 17.2 Å². The second kappa shape index (κ2) is 6.81. The smallest absolute Gasteiger partial charge is 0.146 e. The summed E-state index contributed by atoms with van der Waals surface area (Å²) >= 11 is 1.69. The molecule has 0 bridgehead atoms. The lowest BCUT2D eigenvalue weighted by atomic mass is 10.2. The number of aryl methyl sites for hydroxylation is 1. The molecule has 0 N–H and O–H groups in total. The van der Waals surface area contributed by atoms with E-state index in [1.54, 1.807) is 17.7 Å². The maximum absolute atomic E-state index is 4.73. The highest BCUT2D eigenvalue weighted by atomic mass is 32.1. The number of aromatic nitrogens is 4. The Morgan fingerprint density at radius 1 is 1.18 bits per heavy atom. The van der Waals surface area contributed by atoms with Crippen molar-refractivity contribution in [1.82, 2.24) is 24.6 Å². The number of benzene rings is 1. The van der Waals surface area contributed by atoms with Crippen LogP contribution >= 0.6 is 11.3 Å². The van der Waals surface area contributed by atoms with Crippen molar-refractivity contribution in [2.75, 3.05) is 7.05 Å². The van der Waals surface area contributed by atoms with E-state index in [0.717, 1.165) is 36.2 Å². The van der Waals surface area contributed by atoms with Gasteiger partial charge in [0.15, 0.2) is 0 Å². The normalized spacial score (nSPS) is 11.2. The number of thiazole rings is 1. The minimum absolute atomic E-state index is 0.770. The maximum atomic E-state index is 4.73. The van der Waals surface area contributed by atoms with Gasteiger partial charge in [-0.15, -0.1) is 21.5 Å². The molecule has 22 heavy (non-hydrogen) atoms. The van der Waals surface area contributed by atoms with E-state index in [0.29, 0.717) is 0 Å². The molecule has 0 radical (unpaired) electrons. The topological polar surface area (TPSA) is 46.8 Å². The first kappa shape index (κ1) is 14.9. The molecule has 6 heteroatoms. The Bertz CT molecular complexity index is 719. The minimum Gasteiger partial charge on any atom is -0.317 e. The van der Waals surface area contributed by atoms with E-state index in [2.05, 4.69) is 51.1 Å². The third kappa shape index (κ3) is 3.40. The van der Waals surface area contributed by atoms with Crippen molar-refractivity contribution in [2.45, 2.75) is 26.6 Å². The molecule has 3 rings (SSSR count). The Labute approximate surface area is 134 Å². The Kier molecular flexibility index (Phi) is 4.60. The van der Waals surface area contributed by atoms with Crippen molar-refractivity contribution in [2.24, 2.45) is 0 Å². The summed E-state index contributed by atoms with van der Waals surface area (Å²) in [6.45, 7) is 4.57. The van der Waals surface area contributed by atoms with Crippen molar-refractivity contribution >= 4 is 11.3 Å². The largest absolute Gasteiger partial charge is 0.317 e. The van der Waals surface area contributed by atoms with Crippen LogP contribution in [0.2, 0.25) is 0 Å². The third-order valence-corrected chi connectivity index (χ3v) is 4.39. The number of nitrogens with zero attached hydrogens (tertiary/aromatic N) is 5. The Morgan fingerprint density at radius 2 is 2.00 bits per heavy atom. The Morgan fingerprint density at radius 3 is 2.77 bits per heavy atom. The van der Waals surface area contributed by atoms with Gasteiger partial charge in [0.2, 0.25) is 0 Å². The highest BCUT2D eigenvalue weighted by Gasteiger charge is 2.10. The molecule has 114 valence electrons. The second-order valence-electron chi connectivity index (χ2n) is 5.22. The van der Waals surface area contributed by atoms with Crippen LogP contribution in [0.1, 0.15) is 18.4 Å². The first-order valence-corrected chi connectivity index (χ1v) is 8.19. The van der Waals surface area contributed by atoms with Crippen LogP contribution in [-0.2, 0) is 19.6 Å². The molecule has 0 atom stereocenters. The first-order valence-electron chi connectivity index (χ1n) is 7.31. The molecule has 0 unspecified atom stereocenters. The molecular weight excluding hydrogens is 294 g/mol. The predicted molar refractivity (Wildman–Crippen MR) is 88.4 cm³/mol. The van der Waals surface area contributed by atoms with Crippen LogP contribution in [0.5, 0.6) is 0 Å². The summed E-state index contributed by atoms with van der Waals surface area (Å²) in [4.78, 5) is 6.93. The van der Waals surface area contributed by atoms with Gasteiger partial charge in [0.25, 0.3) is 0 Å². The Hall–Kier alpha value is -2.05. The van der Waals surface area contributed by atoms with Crippen molar-refractivity contribution in [3.8, 4) is 10.6 Å². The number of rotatable bonds is 6. The Balaban J connectivity index is 1.65. The predicted octanol–water partition coefficient (Wildman–Crippen LogP) is 3.05. The van der Waals surface area contributed by atoms with Gasteiger partial charge in [0, 0.05) is 24.0 Å². The lowest BCUT2D eigenvalue weighted by Gasteiger charge is -2.14. The van der Waals surface area contributed by atoms with Crippen LogP contribution in [0, 0.1) is 0 Å². The van der Waals surface area contributed by atoms with Crippen molar-refractivity contribution < 1.29 is 0 Å². The van der Waals surface area contributed by atoms with Crippen molar-refractivity contribution in [3.63, 3.8) is 0 Å². The van der Waals surface area contributed by atoms with Crippen LogP contribution in [0.3, 0.4) is 0 Å². The van der Waals surface area contributed by atoms with Crippen LogP contribution in [0.25, 0.3) is 10.6 Å². The monoisotopic (exact) mass is 313 g/mol. The molecule has 1 aromatic carbocycles. The zero-order valence-corrected chi connectivity index (χ0v) is 13.6. The van der Waals surface area contributed by atoms with Gasteiger partial charge in [-0.1, -0.05) is 30.3 Å². The van der Waals surface area contributed by atoms with E-state index < -0.39 is 0 Å². The van der Waals surface area contributed by atoms with Crippen molar-refractivity contribution in [3.05, 3.63) is 53.6 Å². The molecule has 0 aliphatic rings. The van der Waals surface area contributed by atoms with Crippen LogP contribution in [-0.4, -0.2) is 31.7 Å². The van der Waals surface area contributed by atoms with E-state index in [1.165, 1.54) is 5.56 Å². The molecular formula is C16H19N5S. The summed E-state index contributed by atoms with van der Waals surface area (Å²) in [5.41, 5.74) is 2.26. The zero-order chi connectivity index (χ0) is 15.4. The lowest BCUT2D eigenvalue weighted by Crippen LogP contribution is -2.20. The fourth-order valence-electron chi connectivity index (χ4n) is 2.33. The van der Waals surface area contributed by atoms with Crippen molar-refractivity contribution in [1.29, 1.82) is 0 Å². The maximum Gasteiger partial charge on any atom is 0.146 e. The zero-order valence-electron chi connectivity index (χ0n) is 12.8. The molecule has 0 saturated heterocycles. The van der Waals surface area contributed by atoms with Gasteiger partial charge in [-0.05, 0) is 14.0 Å². The highest BCUT2D eigenvalue weighted by molar-refractivity contribution is 7.13. The van der Waals surface area contributed by atoms with Crippen LogP contribution in [0.4, 0.5) is 0 Å². The summed E-state index contributed by atoms with van der Waals surface area (Å²) < 4.78 is 2.06. The van der Waals surface area contributed by atoms with E-state index in [-0.39, 0.29) is 0 Å². The number of hydrogen-bond donors (Lipinski definition) is 0. The summed E-state index contributed by atoms with van der Waals surface area (Å²) in [6.07, 6.45) is 1.78. The summed E-state index contributed by atoms with van der Waals surface area (Å²) in [5, 5.41) is 11.3. The third-order valence-electron chi connectivity index (χ3n) is 3.45. The number of hydrogen-bond acceptors (Lipinski definition) is 5. The van der Waals surface area contributed by atoms with Gasteiger partial charge in [-0.25, -0.2) is 4.98 Å². The van der Waals surface area contributed by atoms with Crippen LogP contribution in [0.15, 0.2) is 42.0 Å². The van der Waals surface area contributed by atoms with E-state index >= 15 is 0 Å². The van der Waals surface area contributed by atoms with Gasteiger partial charge in [0.05, 0.1) is 12.2 Å². The standard InChI is InChI=1S/C16H19N5S/c1-3-21-12-17-19-15(21)10-20(2)9-14-11-22-16(18-14)13-7-5-4-6-8-13/h4-8,11-12H,3,9-10H2,1-2H3. The fourth-order valence-corrected chi connectivity index (χ4v) is 3.15. The SMILES string of the molecule is CCn1cnnc1CN(C)Cc1csc(-c2ccccc2)n1. The molecule has 0 saturated carbocycles. The van der Waals surface area contributed by atoms with E-state index in [1.807, 2.05) is 18.2 Å². The summed E-state index contributed by atoms with van der Waals surface area (Å²) in [7, 11) is 2.08. The molecule has 5 nitrogen and oxygen atoms in total. The quantitative estimate of drug-likeness (QED) is 0.702. The summed E-state index contributed by atoms with van der Waals surface area (Å²) in [6, 6.07) is 10.3. The first-order chi connectivity index (χ1) is 10.8. The molecule has 0 fully saturated rings. The van der Waals surface area contributed by atoms with E-state index in [9.17, 15) is 0 Å². The summed E-state index contributed by atoms with van der Waals surface area (Å²) in [5.74, 6) is 0.989. The van der Waals surface area contributed by atoms with Gasteiger partial charge in [-0.3, -0.25) is 4.90 Å². The molecule has 0 spiro atoms. The second-order valence-corrected chi connectivity index (χ2v) is 6.07. The van der Waals surface area contributed by atoms with Gasteiger partial charge < -0.3 is 4.57 Å². The molecule has 0 aliphatic carbocycles. The average molecular weight is 313 g/mol. The molecule has 3 aromatic rings. The minimum atomic E-state index is 0.770. The highest BCUT2D eigenvalue weighted by Crippen LogP contribution is 2.23. The fraction of sp³-hybridized carbons (Fsp3) is 0.312. The molecule has 2 aromatic heterocycles. The molecule has 0 aliphatic heterocycles. The lowest BCUT2D eigenvalue weighted by molar-refractivity contribution is 0.302. The van der Waals surface area contributed by atoms with Gasteiger partial charge >= 0.3 is 0 Å².